The van der Waals surface area contributed by atoms with Gasteiger partial charge in [-0.25, -0.2) is 13.8 Å². The van der Waals surface area contributed by atoms with E-state index in [0.717, 1.165) is 54.6 Å². The number of halogens is 2. The average Bonchev–Trinajstić information content (AvgIpc) is 3.28. The lowest BCUT2D eigenvalue weighted by Gasteiger charge is -2.37. The van der Waals surface area contributed by atoms with Gasteiger partial charge in [-0.15, -0.1) is 11.3 Å². The molecule has 1 saturated heterocycles. The largest absolute Gasteiger partial charge is 0.348 e. The molecule has 1 aliphatic heterocycles. The molecule has 0 radical (unpaired) electrons. The molecule has 0 spiro atoms. The number of aromatic nitrogens is 1. The number of hydrogen-bond donors (Lipinski definition) is 1. The van der Waals surface area contributed by atoms with Gasteiger partial charge in [0.1, 0.15) is 16.6 Å². The van der Waals surface area contributed by atoms with E-state index in [4.69, 9.17) is 4.98 Å². The van der Waals surface area contributed by atoms with Crippen molar-refractivity contribution in [1.82, 2.24) is 20.1 Å². The number of rotatable bonds is 7. The maximum atomic E-state index is 13.1. The molecule has 1 aliphatic rings. The third-order valence-corrected chi connectivity index (χ3v) is 7.03. The monoisotopic (exact) mass is 470 g/mol. The topological polar surface area (TPSA) is 48.5 Å². The van der Waals surface area contributed by atoms with Crippen LogP contribution in [0.25, 0.3) is 10.6 Å². The van der Waals surface area contributed by atoms with Crippen LogP contribution < -0.4 is 5.32 Å². The minimum Gasteiger partial charge on any atom is -0.348 e. The van der Waals surface area contributed by atoms with Crippen LogP contribution in [0.3, 0.4) is 0 Å². The van der Waals surface area contributed by atoms with Crippen molar-refractivity contribution in [2.45, 2.75) is 32.5 Å². The molecule has 174 valence electrons. The molecule has 2 heterocycles. The number of nitrogens with zero attached hydrogens (tertiary/aromatic N) is 3. The zero-order valence-corrected chi connectivity index (χ0v) is 19.6. The summed E-state index contributed by atoms with van der Waals surface area (Å²) in [4.78, 5) is 22.0. The zero-order chi connectivity index (χ0) is 23.4. The second-order valence-electron chi connectivity index (χ2n) is 8.42. The van der Waals surface area contributed by atoms with E-state index < -0.39 is 0 Å². The van der Waals surface area contributed by atoms with Crippen molar-refractivity contribution in [2.75, 3.05) is 26.2 Å². The molecule has 8 heteroatoms. The highest BCUT2D eigenvalue weighted by molar-refractivity contribution is 7.13. The van der Waals surface area contributed by atoms with Crippen molar-refractivity contribution in [3.8, 4) is 10.6 Å². The molecule has 4 rings (SSSR count). The Bertz CT molecular complexity index is 1060. The first-order valence-corrected chi connectivity index (χ1v) is 12.0. The summed E-state index contributed by atoms with van der Waals surface area (Å²) in [5.74, 6) is -0.558. The molecule has 1 fully saturated rings. The van der Waals surface area contributed by atoms with E-state index in [1.807, 2.05) is 13.8 Å². The second kappa shape index (κ2) is 10.5. The van der Waals surface area contributed by atoms with Crippen molar-refractivity contribution in [3.05, 3.63) is 76.8 Å². The van der Waals surface area contributed by atoms with Gasteiger partial charge in [-0.05, 0) is 55.8 Å². The van der Waals surface area contributed by atoms with Crippen LogP contribution in [-0.4, -0.2) is 52.9 Å². The quantitative estimate of drug-likeness (QED) is 0.554. The number of thiazole rings is 1. The van der Waals surface area contributed by atoms with Crippen LogP contribution in [0.4, 0.5) is 8.78 Å². The molecule has 2 atom stereocenters. The van der Waals surface area contributed by atoms with Crippen molar-refractivity contribution < 1.29 is 13.6 Å². The van der Waals surface area contributed by atoms with Gasteiger partial charge in [-0.3, -0.25) is 14.6 Å². The number of piperazine rings is 1. The highest BCUT2D eigenvalue weighted by Crippen LogP contribution is 2.25. The lowest BCUT2D eigenvalue weighted by atomic mass is 10.1. The molecule has 33 heavy (non-hydrogen) atoms. The normalized spacial score (nSPS) is 17.0. The zero-order valence-electron chi connectivity index (χ0n) is 18.8. The molecule has 5 nitrogen and oxygen atoms in total. The van der Waals surface area contributed by atoms with E-state index in [1.165, 1.54) is 24.3 Å². The SMILES string of the molecule is CC(NC(=O)C(C)N1CCN(Cc2csc(-c3ccc(F)cc3)n2)CC1)c1ccc(F)cc1. The van der Waals surface area contributed by atoms with Crippen LogP contribution in [0.5, 0.6) is 0 Å². The summed E-state index contributed by atoms with van der Waals surface area (Å²) >= 11 is 1.57. The van der Waals surface area contributed by atoms with E-state index >= 15 is 0 Å². The fraction of sp³-hybridized carbons (Fsp3) is 0.360. The molecule has 1 aromatic heterocycles. The maximum absolute atomic E-state index is 13.1. The maximum Gasteiger partial charge on any atom is 0.237 e. The Morgan fingerprint density at radius 3 is 2.24 bits per heavy atom. The molecular formula is C25H28F2N4OS. The Morgan fingerprint density at radius 1 is 1.00 bits per heavy atom. The van der Waals surface area contributed by atoms with Gasteiger partial charge in [0.05, 0.1) is 17.8 Å². The third-order valence-electron chi connectivity index (χ3n) is 6.09. The van der Waals surface area contributed by atoms with Crippen molar-refractivity contribution >= 4 is 17.2 Å². The Morgan fingerprint density at radius 2 is 1.61 bits per heavy atom. The number of amides is 1. The Hall–Kier alpha value is -2.68. The molecule has 0 saturated carbocycles. The average molecular weight is 471 g/mol. The first-order valence-electron chi connectivity index (χ1n) is 11.1. The predicted molar refractivity (Wildman–Crippen MR) is 127 cm³/mol. The number of hydrogen-bond acceptors (Lipinski definition) is 5. The van der Waals surface area contributed by atoms with Gasteiger partial charge in [0.25, 0.3) is 0 Å². The number of carbonyl (C=O) groups excluding carboxylic acids is 1. The van der Waals surface area contributed by atoms with Gasteiger partial charge in [0.15, 0.2) is 0 Å². The molecule has 0 aliphatic carbocycles. The van der Waals surface area contributed by atoms with Gasteiger partial charge in [-0.1, -0.05) is 12.1 Å². The lowest BCUT2D eigenvalue weighted by molar-refractivity contribution is -0.127. The number of carbonyl (C=O) groups is 1. The minimum absolute atomic E-state index is 0.0243. The molecule has 1 N–H and O–H groups in total. The summed E-state index contributed by atoms with van der Waals surface area (Å²) in [6.45, 7) is 7.90. The fourth-order valence-electron chi connectivity index (χ4n) is 3.98. The van der Waals surface area contributed by atoms with Gasteiger partial charge in [-0.2, -0.15) is 0 Å². The van der Waals surface area contributed by atoms with E-state index in [2.05, 4.69) is 20.5 Å². The lowest BCUT2D eigenvalue weighted by Crippen LogP contribution is -2.53. The summed E-state index contributed by atoms with van der Waals surface area (Å²) in [5, 5.41) is 5.98. The molecule has 1 amide bonds. The standard InChI is InChI=1S/C25H28F2N4OS/c1-17(19-3-7-21(26)8-4-19)28-24(32)18(2)31-13-11-30(12-14-31)15-23-16-33-25(29-23)20-5-9-22(27)10-6-20/h3-10,16-18H,11-15H2,1-2H3,(H,28,32). The van der Waals surface area contributed by atoms with Gasteiger partial charge in [0.2, 0.25) is 5.91 Å². The Labute approximate surface area is 197 Å². The summed E-state index contributed by atoms with van der Waals surface area (Å²) in [6, 6.07) is 12.2. The minimum atomic E-state index is -0.284. The van der Waals surface area contributed by atoms with Crippen LogP contribution in [0.15, 0.2) is 53.9 Å². The summed E-state index contributed by atoms with van der Waals surface area (Å²) in [6.07, 6.45) is 0. The number of nitrogens with one attached hydrogen (secondary N) is 1. The van der Waals surface area contributed by atoms with Gasteiger partial charge in [0, 0.05) is 43.7 Å². The van der Waals surface area contributed by atoms with Crippen molar-refractivity contribution in [2.24, 2.45) is 0 Å². The fourth-order valence-corrected chi connectivity index (χ4v) is 4.79. The first kappa shape index (κ1) is 23.5. The third kappa shape index (κ3) is 6.01. The Kier molecular flexibility index (Phi) is 7.47. The van der Waals surface area contributed by atoms with Crippen LogP contribution >= 0.6 is 11.3 Å². The summed E-state index contributed by atoms with van der Waals surface area (Å²) in [7, 11) is 0. The van der Waals surface area contributed by atoms with Gasteiger partial charge >= 0.3 is 0 Å². The summed E-state index contributed by atoms with van der Waals surface area (Å²) < 4.78 is 26.3. The molecule has 0 bridgehead atoms. The smallest absolute Gasteiger partial charge is 0.237 e. The van der Waals surface area contributed by atoms with Crippen LogP contribution in [0.1, 0.15) is 31.1 Å². The first-order chi connectivity index (χ1) is 15.9. The van der Waals surface area contributed by atoms with Crippen LogP contribution in [0, 0.1) is 11.6 Å². The van der Waals surface area contributed by atoms with E-state index in [0.29, 0.717) is 0 Å². The van der Waals surface area contributed by atoms with Crippen LogP contribution in [-0.2, 0) is 11.3 Å². The van der Waals surface area contributed by atoms with E-state index in [9.17, 15) is 13.6 Å². The molecule has 2 aromatic carbocycles. The van der Waals surface area contributed by atoms with E-state index in [1.54, 1.807) is 35.6 Å². The molecule has 3 aromatic rings. The van der Waals surface area contributed by atoms with Crippen LogP contribution in [0.2, 0.25) is 0 Å². The van der Waals surface area contributed by atoms with Crippen molar-refractivity contribution in [3.63, 3.8) is 0 Å². The molecule has 2 unspecified atom stereocenters. The van der Waals surface area contributed by atoms with E-state index in [-0.39, 0.29) is 29.6 Å². The Balaban J connectivity index is 1.25. The molecular weight excluding hydrogens is 442 g/mol. The highest BCUT2D eigenvalue weighted by atomic mass is 32.1. The number of benzene rings is 2. The van der Waals surface area contributed by atoms with Gasteiger partial charge < -0.3 is 5.32 Å². The highest BCUT2D eigenvalue weighted by Gasteiger charge is 2.26. The second-order valence-corrected chi connectivity index (χ2v) is 9.28. The predicted octanol–water partition coefficient (Wildman–Crippen LogP) is 4.47. The summed E-state index contributed by atoms with van der Waals surface area (Å²) in [5.41, 5.74) is 2.81. The van der Waals surface area contributed by atoms with Crippen molar-refractivity contribution in [1.29, 1.82) is 0 Å².